The molecule has 1 amide bonds. The Labute approximate surface area is 190 Å². The molecular weight excluding hydrogens is 462 g/mol. The zero-order valence-corrected chi connectivity index (χ0v) is 17.4. The lowest BCUT2D eigenvalue weighted by Crippen LogP contribution is -2.30. The highest BCUT2D eigenvalue weighted by atomic mass is 35.5. The van der Waals surface area contributed by atoms with Crippen molar-refractivity contribution >= 4 is 34.7 Å². The second-order valence-corrected chi connectivity index (χ2v) is 7.68. The van der Waals surface area contributed by atoms with Gasteiger partial charge >= 0.3 is 6.18 Å². The summed E-state index contributed by atoms with van der Waals surface area (Å²) in [6, 6.07) is 13.3. The van der Waals surface area contributed by atoms with Crippen LogP contribution < -0.4 is 4.90 Å². The van der Waals surface area contributed by atoms with Crippen molar-refractivity contribution in [3.63, 3.8) is 0 Å². The Balaban J connectivity index is 1.93. The smallest absolute Gasteiger partial charge is 0.416 e. The lowest BCUT2D eigenvalue weighted by Gasteiger charge is -2.26. The molecule has 168 valence electrons. The second-order valence-electron chi connectivity index (χ2n) is 7.25. The number of Topliss-reactive ketones (excluding diaryl/α,β-unsaturated/α-hetero) is 1. The van der Waals surface area contributed by atoms with Crippen LogP contribution in [0.5, 0.6) is 0 Å². The molecule has 0 bridgehead atoms. The first-order valence-electron chi connectivity index (χ1n) is 9.58. The predicted octanol–water partition coefficient (Wildman–Crippen LogP) is 6.12. The first-order valence-corrected chi connectivity index (χ1v) is 9.96. The van der Waals surface area contributed by atoms with E-state index < -0.39 is 46.6 Å². The summed E-state index contributed by atoms with van der Waals surface area (Å²) in [7, 11) is 0. The third-order valence-electron chi connectivity index (χ3n) is 5.22. The van der Waals surface area contributed by atoms with E-state index in [1.807, 2.05) is 0 Å². The highest BCUT2D eigenvalue weighted by Gasteiger charge is 2.48. The molecule has 1 saturated heterocycles. The van der Waals surface area contributed by atoms with Crippen LogP contribution >= 0.6 is 11.6 Å². The Hall–Kier alpha value is -3.65. The molecule has 1 fully saturated rings. The summed E-state index contributed by atoms with van der Waals surface area (Å²) in [5, 5.41) is 11.2. The van der Waals surface area contributed by atoms with E-state index in [-0.39, 0.29) is 21.8 Å². The van der Waals surface area contributed by atoms with Crippen LogP contribution in [-0.2, 0) is 15.8 Å². The molecule has 1 unspecified atom stereocenters. The van der Waals surface area contributed by atoms with E-state index in [0.29, 0.717) is 0 Å². The SMILES string of the molecule is O=C1C(=O)N(c2ccc(C(F)(F)F)cc2)C(c2ccccc2F)/C1=C(\O)c1cccc(Cl)c1. The molecule has 9 heteroatoms. The molecule has 1 N–H and O–H groups in total. The maximum atomic E-state index is 14.8. The van der Waals surface area contributed by atoms with Crippen LogP contribution in [0.25, 0.3) is 5.76 Å². The molecule has 4 nitrogen and oxygen atoms in total. The van der Waals surface area contributed by atoms with Gasteiger partial charge in [0.15, 0.2) is 0 Å². The Morgan fingerprint density at radius 2 is 1.61 bits per heavy atom. The van der Waals surface area contributed by atoms with Crippen molar-refractivity contribution in [2.24, 2.45) is 0 Å². The van der Waals surface area contributed by atoms with E-state index in [1.54, 1.807) is 0 Å². The third-order valence-corrected chi connectivity index (χ3v) is 5.45. The number of hydrogen-bond acceptors (Lipinski definition) is 3. The number of nitrogens with zero attached hydrogens (tertiary/aromatic N) is 1. The van der Waals surface area contributed by atoms with E-state index in [4.69, 9.17) is 11.6 Å². The van der Waals surface area contributed by atoms with E-state index in [1.165, 1.54) is 42.5 Å². The van der Waals surface area contributed by atoms with E-state index in [2.05, 4.69) is 0 Å². The van der Waals surface area contributed by atoms with Crippen molar-refractivity contribution in [2.75, 3.05) is 4.90 Å². The Morgan fingerprint density at radius 1 is 0.939 bits per heavy atom. The Morgan fingerprint density at radius 3 is 2.21 bits per heavy atom. The Kier molecular flexibility index (Phi) is 5.71. The van der Waals surface area contributed by atoms with Crippen molar-refractivity contribution < 1.29 is 32.3 Å². The zero-order valence-electron chi connectivity index (χ0n) is 16.6. The number of hydrogen-bond donors (Lipinski definition) is 1. The van der Waals surface area contributed by atoms with Crippen LogP contribution in [-0.4, -0.2) is 16.8 Å². The minimum atomic E-state index is -4.61. The largest absolute Gasteiger partial charge is 0.507 e. The van der Waals surface area contributed by atoms with E-state index >= 15 is 0 Å². The number of carbonyl (C=O) groups is 2. The van der Waals surface area contributed by atoms with Gasteiger partial charge < -0.3 is 5.11 Å². The molecule has 0 saturated carbocycles. The molecular formula is C24H14ClF4NO3. The van der Waals surface area contributed by atoms with Crippen LogP contribution in [0.4, 0.5) is 23.2 Å². The average molecular weight is 476 g/mol. The molecule has 0 radical (unpaired) electrons. The van der Waals surface area contributed by atoms with Gasteiger partial charge in [0.25, 0.3) is 11.7 Å². The van der Waals surface area contributed by atoms with E-state index in [9.17, 15) is 32.3 Å². The van der Waals surface area contributed by atoms with Gasteiger partial charge in [-0.15, -0.1) is 0 Å². The summed E-state index contributed by atoms with van der Waals surface area (Å²) < 4.78 is 53.7. The number of rotatable bonds is 3. The fraction of sp³-hybridized carbons (Fsp3) is 0.0833. The quantitative estimate of drug-likeness (QED) is 0.215. The molecule has 1 atom stereocenters. The number of aliphatic hydroxyl groups is 1. The second kappa shape index (κ2) is 8.37. The van der Waals surface area contributed by atoms with Crippen LogP contribution in [0.3, 0.4) is 0 Å². The van der Waals surface area contributed by atoms with Gasteiger partial charge in [-0.1, -0.05) is 41.9 Å². The number of anilines is 1. The average Bonchev–Trinajstić information content (AvgIpc) is 3.03. The number of halogens is 5. The van der Waals surface area contributed by atoms with Gasteiger partial charge in [-0.25, -0.2) is 4.39 Å². The lowest BCUT2D eigenvalue weighted by atomic mass is 9.94. The molecule has 3 aromatic rings. The Bertz CT molecular complexity index is 1290. The van der Waals surface area contributed by atoms with Gasteiger partial charge in [-0.3, -0.25) is 14.5 Å². The van der Waals surface area contributed by atoms with Crippen LogP contribution in [0, 0.1) is 5.82 Å². The molecule has 1 aliphatic rings. The highest BCUT2D eigenvalue weighted by Crippen LogP contribution is 2.43. The van der Waals surface area contributed by atoms with Crippen molar-refractivity contribution in [1.29, 1.82) is 0 Å². The summed E-state index contributed by atoms with van der Waals surface area (Å²) in [6.45, 7) is 0. The number of alkyl halides is 3. The van der Waals surface area contributed by atoms with Crippen molar-refractivity contribution in [3.8, 4) is 0 Å². The minimum absolute atomic E-state index is 0.0662. The maximum absolute atomic E-state index is 14.8. The fourth-order valence-electron chi connectivity index (χ4n) is 3.69. The van der Waals surface area contributed by atoms with Crippen molar-refractivity contribution in [3.05, 3.63) is 106 Å². The summed E-state index contributed by atoms with van der Waals surface area (Å²) in [5.74, 6) is -3.58. The topological polar surface area (TPSA) is 57.6 Å². The first-order chi connectivity index (χ1) is 15.6. The first kappa shape index (κ1) is 22.5. The molecule has 3 aromatic carbocycles. The van der Waals surface area contributed by atoms with Gasteiger partial charge in [-0.2, -0.15) is 13.2 Å². The standard InChI is InChI=1S/C24H14ClF4NO3/c25-15-5-3-4-13(12-15)21(31)19-20(17-6-1-2-7-18(17)26)30(23(33)22(19)32)16-10-8-14(9-11-16)24(27,28)29/h1-12,20,31H/b21-19+. The number of carbonyl (C=O) groups excluding carboxylic acids is 2. The molecule has 0 aromatic heterocycles. The van der Waals surface area contributed by atoms with Gasteiger partial charge in [0.1, 0.15) is 11.6 Å². The molecule has 4 rings (SSSR count). The third kappa shape index (κ3) is 4.09. The molecule has 0 aliphatic carbocycles. The summed E-state index contributed by atoms with van der Waals surface area (Å²) in [5.41, 5.74) is -1.42. The zero-order chi connectivity index (χ0) is 23.9. The summed E-state index contributed by atoms with van der Waals surface area (Å²) in [4.78, 5) is 26.8. The number of benzene rings is 3. The van der Waals surface area contributed by atoms with Gasteiger partial charge in [-0.05, 0) is 42.5 Å². The molecule has 33 heavy (non-hydrogen) atoms. The van der Waals surface area contributed by atoms with Crippen molar-refractivity contribution in [1.82, 2.24) is 0 Å². The maximum Gasteiger partial charge on any atom is 0.416 e. The number of amides is 1. The molecule has 1 heterocycles. The predicted molar refractivity (Wildman–Crippen MR) is 114 cm³/mol. The van der Waals surface area contributed by atoms with Crippen LogP contribution in [0.15, 0.2) is 78.4 Å². The monoisotopic (exact) mass is 475 g/mol. The van der Waals surface area contributed by atoms with Crippen LogP contribution in [0.1, 0.15) is 22.7 Å². The summed E-state index contributed by atoms with van der Waals surface area (Å²) in [6.07, 6.45) is -4.61. The van der Waals surface area contributed by atoms with Gasteiger partial charge in [0.2, 0.25) is 0 Å². The molecule has 1 aliphatic heterocycles. The molecule has 0 spiro atoms. The number of aliphatic hydroxyl groups excluding tert-OH is 1. The summed E-state index contributed by atoms with van der Waals surface area (Å²) >= 11 is 5.97. The van der Waals surface area contributed by atoms with Crippen LogP contribution in [0.2, 0.25) is 5.02 Å². The minimum Gasteiger partial charge on any atom is -0.507 e. The normalized spacial score (nSPS) is 18.1. The van der Waals surface area contributed by atoms with Gasteiger partial charge in [0.05, 0.1) is 17.2 Å². The lowest BCUT2D eigenvalue weighted by molar-refractivity contribution is -0.137. The fourth-order valence-corrected chi connectivity index (χ4v) is 3.88. The van der Waals surface area contributed by atoms with Gasteiger partial charge in [0, 0.05) is 21.8 Å². The van der Waals surface area contributed by atoms with Crippen molar-refractivity contribution in [2.45, 2.75) is 12.2 Å². The van der Waals surface area contributed by atoms with E-state index in [0.717, 1.165) is 35.2 Å². The highest BCUT2D eigenvalue weighted by molar-refractivity contribution is 6.51. The number of ketones is 1.